The zero-order valence-corrected chi connectivity index (χ0v) is 20.3. The first-order valence-electron chi connectivity index (χ1n) is 12.6. The number of hydrogen-bond donors (Lipinski definition) is 2. The van der Waals surface area contributed by atoms with Gasteiger partial charge in [0.05, 0.1) is 6.42 Å². The van der Waals surface area contributed by atoms with E-state index in [1.807, 2.05) is 54.6 Å². The van der Waals surface area contributed by atoms with Gasteiger partial charge in [-0.15, -0.1) is 0 Å². The number of hydrogen-bond acceptors (Lipinski definition) is 5. The number of anilines is 2. The molecule has 2 aliphatic heterocycles. The summed E-state index contributed by atoms with van der Waals surface area (Å²) >= 11 is 0. The molecule has 3 heterocycles. The lowest BCUT2D eigenvalue weighted by atomic mass is 9.95. The van der Waals surface area contributed by atoms with Gasteiger partial charge in [-0.05, 0) is 59.7 Å². The summed E-state index contributed by atoms with van der Waals surface area (Å²) in [5, 5.41) is 13.4. The third kappa shape index (κ3) is 5.51. The van der Waals surface area contributed by atoms with Crippen molar-refractivity contribution in [3.8, 4) is 0 Å². The third-order valence-electron chi connectivity index (χ3n) is 7.36. The van der Waals surface area contributed by atoms with Gasteiger partial charge in [0.25, 0.3) is 0 Å². The van der Waals surface area contributed by atoms with Crippen LogP contribution in [0.15, 0.2) is 72.9 Å². The normalized spacial score (nSPS) is 16.9. The van der Waals surface area contributed by atoms with E-state index in [1.165, 1.54) is 4.90 Å². The fourth-order valence-corrected chi connectivity index (χ4v) is 5.21. The van der Waals surface area contributed by atoms with Gasteiger partial charge in [-0.25, -0.2) is 9.78 Å². The average Bonchev–Trinajstić information content (AvgIpc) is 2.91. The van der Waals surface area contributed by atoms with E-state index in [4.69, 9.17) is 0 Å². The second-order valence-corrected chi connectivity index (χ2v) is 9.72. The minimum absolute atomic E-state index is 0.127. The molecule has 0 spiro atoms. The van der Waals surface area contributed by atoms with E-state index in [0.717, 1.165) is 60.7 Å². The molecule has 0 saturated carbocycles. The number of amides is 1. The number of carbonyl (C=O) groups excluding carboxylic acids is 1. The Bertz CT molecular complexity index is 1190. The molecule has 186 valence electrons. The van der Waals surface area contributed by atoms with Crippen LogP contribution in [0.25, 0.3) is 0 Å². The number of aliphatic carboxylic acids is 1. The van der Waals surface area contributed by atoms with Crippen molar-refractivity contribution in [3.05, 3.63) is 89.6 Å². The first-order valence-corrected chi connectivity index (χ1v) is 12.6. The summed E-state index contributed by atoms with van der Waals surface area (Å²) in [6.07, 6.45) is 4.58. The molecule has 5 rings (SSSR count). The van der Waals surface area contributed by atoms with E-state index in [2.05, 4.69) is 27.3 Å². The predicted octanol–water partition coefficient (Wildman–Crippen LogP) is 3.99. The number of carboxylic acid groups (broad SMARTS) is 1. The highest BCUT2D eigenvalue weighted by atomic mass is 16.4. The minimum atomic E-state index is -0.965. The number of nitrogens with zero attached hydrogens (tertiary/aromatic N) is 3. The summed E-state index contributed by atoms with van der Waals surface area (Å²) in [6, 6.07) is 20.9. The van der Waals surface area contributed by atoms with E-state index in [9.17, 15) is 14.7 Å². The fraction of sp³-hybridized carbons (Fsp3) is 0.345. The maximum atomic E-state index is 12.8. The van der Waals surface area contributed by atoms with Crippen molar-refractivity contribution >= 4 is 23.4 Å². The van der Waals surface area contributed by atoms with Crippen LogP contribution in [0.1, 0.15) is 29.5 Å². The Labute approximate surface area is 211 Å². The molecular weight excluding hydrogens is 452 g/mol. The Morgan fingerprint density at radius 1 is 1.00 bits per heavy atom. The van der Waals surface area contributed by atoms with E-state index < -0.39 is 12.0 Å². The van der Waals surface area contributed by atoms with E-state index >= 15 is 0 Å². The summed E-state index contributed by atoms with van der Waals surface area (Å²) in [6.45, 7) is 3.26. The van der Waals surface area contributed by atoms with Crippen molar-refractivity contribution in [2.75, 3.05) is 29.9 Å². The molecule has 1 unspecified atom stereocenters. The molecule has 3 aromatic rings. The van der Waals surface area contributed by atoms with Crippen LogP contribution in [0.3, 0.4) is 0 Å². The highest BCUT2D eigenvalue weighted by molar-refractivity contribution is 5.86. The van der Waals surface area contributed by atoms with Gasteiger partial charge in [0.1, 0.15) is 11.9 Å². The molecule has 2 aliphatic rings. The van der Waals surface area contributed by atoms with Crippen LogP contribution in [-0.2, 0) is 29.0 Å². The van der Waals surface area contributed by atoms with Crippen LogP contribution in [0, 0.1) is 5.92 Å². The van der Waals surface area contributed by atoms with Crippen LogP contribution >= 0.6 is 0 Å². The van der Waals surface area contributed by atoms with Gasteiger partial charge in [0, 0.05) is 44.5 Å². The van der Waals surface area contributed by atoms with Crippen molar-refractivity contribution in [1.82, 2.24) is 9.88 Å². The Balaban J connectivity index is 1.17. The molecule has 1 amide bonds. The molecule has 0 radical (unpaired) electrons. The second kappa shape index (κ2) is 10.8. The van der Waals surface area contributed by atoms with Gasteiger partial charge in [-0.3, -0.25) is 4.79 Å². The maximum absolute atomic E-state index is 12.8. The van der Waals surface area contributed by atoms with E-state index in [1.54, 1.807) is 6.20 Å². The van der Waals surface area contributed by atoms with Gasteiger partial charge in [-0.2, -0.15) is 0 Å². The average molecular weight is 485 g/mol. The number of aromatic nitrogens is 1. The van der Waals surface area contributed by atoms with Gasteiger partial charge in [-0.1, -0.05) is 42.5 Å². The summed E-state index contributed by atoms with van der Waals surface area (Å²) in [5.41, 5.74) is 4.10. The van der Waals surface area contributed by atoms with Crippen LogP contribution in [0.5, 0.6) is 0 Å². The van der Waals surface area contributed by atoms with Crippen LogP contribution in [0.2, 0.25) is 0 Å². The van der Waals surface area contributed by atoms with Crippen molar-refractivity contribution in [1.29, 1.82) is 0 Å². The van der Waals surface area contributed by atoms with Crippen LogP contribution in [-0.4, -0.2) is 52.5 Å². The van der Waals surface area contributed by atoms with Crippen LogP contribution < -0.4 is 10.2 Å². The number of pyridine rings is 1. The predicted molar refractivity (Wildman–Crippen MR) is 140 cm³/mol. The third-order valence-corrected chi connectivity index (χ3v) is 7.36. The van der Waals surface area contributed by atoms with Crippen molar-refractivity contribution < 1.29 is 14.7 Å². The first kappa shape index (κ1) is 23.9. The number of carboxylic acids is 1. The molecule has 0 aliphatic carbocycles. The lowest BCUT2D eigenvalue weighted by Crippen LogP contribution is -2.48. The largest absolute Gasteiger partial charge is 0.480 e. The smallest absolute Gasteiger partial charge is 0.326 e. The molecule has 0 bridgehead atoms. The quantitative estimate of drug-likeness (QED) is 0.503. The Hall–Kier alpha value is -3.87. The zero-order valence-electron chi connectivity index (χ0n) is 20.3. The number of benzene rings is 2. The molecule has 2 N–H and O–H groups in total. The number of rotatable bonds is 8. The molecule has 2 aromatic carbocycles. The SMILES string of the molecule is O=C(O)C(Cc1ccc(N2CCC(CNc3ccccn3)CC2)cc1)N1Cc2ccccc2CC1=O. The van der Waals surface area contributed by atoms with Gasteiger partial charge >= 0.3 is 5.97 Å². The number of piperidine rings is 1. The van der Waals surface area contributed by atoms with Gasteiger partial charge < -0.3 is 20.2 Å². The molecule has 36 heavy (non-hydrogen) atoms. The monoisotopic (exact) mass is 484 g/mol. The number of fused-ring (bicyclic) bond motifs is 1. The lowest BCUT2D eigenvalue weighted by Gasteiger charge is -2.34. The number of carbonyl (C=O) groups is 2. The first-order chi connectivity index (χ1) is 17.6. The Kier molecular flexibility index (Phi) is 7.16. The molecular formula is C29H32N4O3. The topological polar surface area (TPSA) is 85.8 Å². The summed E-state index contributed by atoms with van der Waals surface area (Å²) in [7, 11) is 0. The molecule has 7 nitrogen and oxygen atoms in total. The van der Waals surface area contributed by atoms with Crippen molar-refractivity contribution in [2.24, 2.45) is 5.92 Å². The molecule has 7 heteroatoms. The maximum Gasteiger partial charge on any atom is 0.326 e. The van der Waals surface area contributed by atoms with E-state index in [-0.39, 0.29) is 12.3 Å². The molecule has 1 atom stereocenters. The number of nitrogens with one attached hydrogen (secondary N) is 1. The van der Waals surface area contributed by atoms with Crippen molar-refractivity contribution in [3.63, 3.8) is 0 Å². The molecule has 1 aromatic heterocycles. The zero-order chi connectivity index (χ0) is 24.9. The molecule has 1 fully saturated rings. The fourth-order valence-electron chi connectivity index (χ4n) is 5.21. The van der Waals surface area contributed by atoms with Gasteiger partial charge in [0.15, 0.2) is 0 Å². The summed E-state index contributed by atoms with van der Waals surface area (Å²) in [5.74, 6) is 0.447. The summed E-state index contributed by atoms with van der Waals surface area (Å²) < 4.78 is 0. The minimum Gasteiger partial charge on any atom is -0.480 e. The Morgan fingerprint density at radius 3 is 2.42 bits per heavy atom. The van der Waals surface area contributed by atoms with E-state index in [0.29, 0.717) is 18.9 Å². The van der Waals surface area contributed by atoms with Crippen molar-refractivity contribution in [2.45, 2.75) is 38.3 Å². The van der Waals surface area contributed by atoms with Gasteiger partial charge in [0.2, 0.25) is 5.91 Å². The standard InChI is InChI=1S/C29H32N4O3/c34-28-18-23-5-1-2-6-24(23)20-33(28)26(29(35)36)17-21-8-10-25(11-9-21)32-15-12-22(13-16-32)19-31-27-7-3-4-14-30-27/h1-11,14,22,26H,12-13,15-20H2,(H,30,31)(H,35,36). The Morgan fingerprint density at radius 2 is 1.72 bits per heavy atom. The lowest BCUT2D eigenvalue weighted by molar-refractivity contribution is -0.151. The second-order valence-electron chi connectivity index (χ2n) is 9.72. The highest BCUT2D eigenvalue weighted by Crippen LogP contribution is 2.26. The van der Waals surface area contributed by atoms with Crippen LogP contribution in [0.4, 0.5) is 11.5 Å². The highest BCUT2D eigenvalue weighted by Gasteiger charge is 2.33. The molecule has 1 saturated heterocycles. The summed E-state index contributed by atoms with van der Waals surface area (Å²) in [4.78, 5) is 33.1.